The molecule has 1 heterocycles. The largest absolute Gasteiger partial charge is 0.338 e. The standard InChI is InChI=1S/C17H13Cl2N3O/c18-17(19)9-12(17)16(23)20-11-7-5-10(6-8-11)15-21-13-3-1-2-4-14(13)22-15/h1-8,12H,9H2,(H,20,23)(H,21,22). The molecule has 2 N–H and O–H groups in total. The number of aromatic nitrogens is 2. The Bertz CT molecular complexity index is 853. The Morgan fingerprint density at radius 3 is 2.52 bits per heavy atom. The summed E-state index contributed by atoms with van der Waals surface area (Å²) in [7, 11) is 0. The van der Waals surface area contributed by atoms with Crippen molar-refractivity contribution in [1.82, 2.24) is 9.97 Å². The summed E-state index contributed by atoms with van der Waals surface area (Å²) in [6, 6.07) is 15.4. The summed E-state index contributed by atoms with van der Waals surface area (Å²) in [5.74, 6) is 0.319. The molecule has 1 aliphatic rings. The zero-order valence-electron chi connectivity index (χ0n) is 12.0. The van der Waals surface area contributed by atoms with Crippen LogP contribution in [0.1, 0.15) is 6.42 Å². The highest BCUT2D eigenvalue weighted by Crippen LogP contribution is 2.53. The first-order valence-electron chi connectivity index (χ1n) is 7.27. The van der Waals surface area contributed by atoms with Crippen LogP contribution in [0.4, 0.5) is 5.69 Å². The van der Waals surface area contributed by atoms with Crippen LogP contribution in [0.2, 0.25) is 0 Å². The predicted molar refractivity (Wildman–Crippen MR) is 92.7 cm³/mol. The molecule has 0 saturated heterocycles. The third-order valence-corrected chi connectivity index (χ3v) is 4.79. The first-order valence-corrected chi connectivity index (χ1v) is 8.02. The van der Waals surface area contributed by atoms with E-state index in [0.717, 1.165) is 22.4 Å². The third-order valence-electron chi connectivity index (χ3n) is 3.96. The molecular weight excluding hydrogens is 333 g/mol. The molecule has 1 fully saturated rings. The smallest absolute Gasteiger partial charge is 0.230 e. The Morgan fingerprint density at radius 2 is 1.87 bits per heavy atom. The average Bonchev–Trinajstić information content (AvgIpc) is 2.99. The maximum atomic E-state index is 12.0. The number of carbonyl (C=O) groups excluding carboxylic acids is 1. The van der Waals surface area contributed by atoms with Crippen LogP contribution < -0.4 is 5.32 Å². The van der Waals surface area contributed by atoms with E-state index < -0.39 is 4.33 Å². The minimum Gasteiger partial charge on any atom is -0.338 e. The number of nitrogens with one attached hydrogen (secondary N) is 2. The Labute approximate surface area is 142 Å². The van der Waals surface area contributed by atoms with E-state index in [4.69, 9.17) is 23.2 Å². The molecule has 1 aliphatic carbocycles. The highest BCUT2D eigenvalue weighted by Gasteiger charge is 2.56. The van der Waals surface area contributed by atoms with Gasteiger partial charge in [-0.15, -0.1) is 23.2 Å². The van der Waals surface area contributed by atoms with Gasteiger partial charge in [0.1, 0.15) is 10.2 Å². The number of aromatic amines is 1. The minimum absolute atomic E-state index is 0.147. The lowest BCUT2D eigenvalue weighted by Crippen LogP contribution is -2.16. The molecule has 0 aliphatic heterocycles. The van der Waals surface area contributed by atoms with Crippen molar-refractivity contribution in [3.63, 3.8) is 0 Å². The van der Waals surface area contributed by atoms with Crippen LogP contribution in [0.5, 0.6) is 0 Å². The second kappa shape index (κ2) is 5.25. The first kappa shape index (κ1) is 14.5. The van der Waals surface area contributed by atoms with Gasteiger partial charge in [0.05, 0.1) is 17.0 Å². The summed E-state index contributed by atoms with van der Waals surface area (Å²) in [5, 5.41) is 2.83. The number of rotatable bonds is 3. The van der Waals surface area contributed by atoms with Crippen LogP contribution in [-0.2, 0) is 4.79 Å². The molecule has 1 saturated carbocycles. The number of nitrogens with zero attached hydrogens (tertiary/aromatic N) is 1. The summed E-state index contributed by atoms with van der Waals surface area (Å²) in [6.45, 7) is 0. The second-order valence-corrected chi connectivity index (χ2v) is 7.23. The lowest BCUT2D eigenvalue weighted by molar-refractivity contribution is -0.117. The summed E-state index contributed by atoms with van der Waals surface area (Å²) in [5.41, 5.74) is 3.59. The van der Waals surface area contributed by atoms with E-state index in [1.54, 1.807) is 0 Å². The lowest BCUT2D eigenvalue weighted by atomic mass is 10.2. The molecule has 0 bridgehead atoms. The third kappa shape index (κ3) is 2.80. The molecule has 23 heavy (non-hydrogen) atoms. The maximum Gasteiger partial charge on any atom is 0.230 e. The van der Waals surface area contributed by atoms with E-state index in [0.29, 0.717) is 12.1 Å². The lowest BCUT2D eigenvalue weighted by Gasteiger charge is -2.06. The van der Waals surface area contributed by atoms with Gasteiger partial charge in [0, 0.05) is 11.3 Å². The molecule has 3 aromatic rings. The molecule has 4 nitrogen and oxygen atoms in total. The summed E-state index contributed by atoms with van der Waals surface area (Å²) < 4.78 is -0.904. The predicted octanol–water partition coefficient (Wildman–Crippen LogP) is 4.36. The van der Waals surface area contributed by atoms with E-state index in [-0.39, 0.29) is 11.8 Å². The highest BCUT2D eigenvalue weighted by atomic mass is 35.5. The minimum atomic E-state index is -0.904. The van der Waals surface area contributed by atoms with Crippen molar-refractivity contribution < 1.29 is 4.79 Å². The Kier molecular flexibility index (Phi) is 3.32. The number of para-hydroxylation sites is 2. The van der Waals surface area contributed by atoms with Gasteiger partial charge in [-0.1, -0.05) is 12.1 Å². The number of halogens is 2. The highest BCUT2D eigenvalue weighted by molar-refractivity contribution is 6.52. The van der Waals surface area contributed by atoms with Crippen LogP contribution in [0.25, 0.3) is 22.4 Å². The number of benzene rings is 2. The number of fused-ring (bicyclic) bond motifs is 1. The second-order valence-electron chi connectivity index (χ2n) is 5.69. The van der Waals surface area contributed by atoms with Crippen LogP contribution in [-0.4, -0.2) is 20.2 Å². The van der Waals surface area contributed by atoms with Gasteiger partial charge in [-0.2, -0.15) is 0 Å². The van der Waals surface area contributed by atoms with E-state index in [9.17, 15) is 4.79 Å². The van der Waals surface area contributed by atoms with Gasteiger partial charge >= 0.3 is 0 Å². The molecule has 6 heteroatoms. The normalized spacial score (nSPS) is 18.8. The maximum absolute atomic E-state index is 12.0. The van der Waals surface area contributed by atoms with Gasteiger partial charge in [-0.05, 0) is 42.8 Å². The number of hydrogen-bond donors (Lipinski definition) is 2. The molecule has 116 valence electrons. The van der Waals surface area contributed by atoms with E-state index in [2.05, 4.69) is 15.3 Å². The van der Waals surface area contributed by atoms with Gasteiger partial charge in [0.15, 0.2) is 0 Å². The van der Waals surface area contributed by atoms with Crippen molar-refractivity contribution in [2.75, 3.05) is 5.32 Å². The van der Waals surface area contributed by atoms with E-state index in [1.165, 1.54) is 0 Å². The summed E-state index contributed by atoms with van der Waals surface area (Å²) in [4.78, 5) is 19.8. The van der Waals surface area contributed by atoms with Crippen LogP contribution in [0.15, 0.2) is 48.5 Å². The quantitative estimate of drug-likeness (QED) is 0.692. The molecule has 1 unspecified atom stereocenters. The van der Waals surface area contributed by atoms with Crippen molar-refractivity contribution in [3.05, 3.63) is 48.5 Å². The first-order chi connectivity index (χ1) is 11.0. The van der Waals surface area contributed by atoms with Gasteiger partial charge in [-0.25, -0.2) is 4.98 Å². The summed E-state index contributed by atoms with van der Waals surface area (Å²) >= 11 is 11.8. The van der Waals surface area contributed by atoms with Crippen molar-refractivity contribution in [2.24, 2.45) is 5.92 Å². The van der Waals surface area contributed by atoms with E-state index >= 15 is 0 Å². The van der Waals surface area contributed by atoms with Gasteiger partial charge in [0.2, 0.25) is 5.91 Å². The van der Waals surface area contributed by atoms with E-state index in [1.807, 2.05) is 48.5 Å². The number of imidazole rings is 1. The Morgan fingerprint density at radius 1 is 1.17 bits per heavy atom. The van der Waals surface area contributed by atoms with Crippen LogP contribution >= 0.6 is 23.2 Å². The zero-order chi connectivity index (χ0) is 16.0. The van der Waals surface area contributed by atoms with Gasteiger partial charge in [0.25, 0.3) is 0 Å². The Balaban J connectivity index is 1.52. The molecule has 2 aromatic carbocycles. The van der Waals surface area contributed by atoms with Crippen LogP contribution in [0, 0.1) is 5.92 Å². The molecule has 4 rings (SSSR count). The van der Waals surface area contributed by atoms with Crippen LogP contribution in [0.3, 0.4) is 0 Å². The molecule has 0 spiro atoms. The fourth-order valence-corrected chi connectivity index (χ4v) is 3.03. The fraction of sp³-hybridized carbons (Fsp3) is 0.176. The molecule has 1 amide bonds. The van der Waals surface area contributed by atoms with Crippen molar-refractivity contribution in [3.8, 4) is 11.4 Å². The number of amides is 1. The SMILES string of the molecule is O=C(Nc1ccc(-c2nc3ccccc3[nH]2)cc1)C1CC1(Cl)Cl. The molecule has 1 atom stereocenters. The van der Waals surface area contributed by atoms with Crippen molar-refractivity contribution in [1.29, 1.82) is 0 Å². The Hall–Kier alpha value is -2.04. The number of anilines is 1. The van der Waals surface area contributed by atoms with Gasteiger partial charge < -0.3 is 10.3 Å². The topological polar surface area (TPSA) is 57.8 Å². The molecular formula is C17H13Cl2N3O. The molecule has 0 radical (unpaired) electrons. The zero-order valence-corrected chi connectivity index (χ0v) is 13.5. The fourth-order valence-electron chi connectivity index (χ4n) is 2.53. The number of alkyl halides is 2. The number of hydrogen-bond acceptors (Lipinski definition) is 2. The number of H-pyrrole nitrogens is 1. The van der Waals surface area contributed by atoms with Gasteiger partial charge in [-0.3, -0.25) is 4.79 Å². The monoisotopic (exact) mass is 345 g/mol. The summed E-state index contributed by atoms with van der Waals surface area (Å²) in [6.07, 6.45) is 0.499. The van der Waals surface area contributed by atoms with Crippen molar-refractivity contribution in [2.45, 2.75) is 10.8 Å². The number of carbonyl (C=O) groups is 1. The molecule has 1 aromatic heterocycles. The average molecular weight is 346 g/mol. The van der Waals surface area contributed by atoms with Crippen molar-refractivity contribution >= 4 is 45.8 Å².